The second-order valence-electron chi connectivity index (χ2n) is 4.14. The molecule has 0 aliphatic heterocycles. The molecular weight excluding hydrogens is 259 g/mol. The number of unbranched alkanes of at least 4 members (excludes halogenated alkanes) is 2. The Morgan fingerprint density at radius 2 is 2.00 bits per heavy atom. The van der Waals surface area contributed by atoms with E-state index in [4.69, 9.17) is 10.5 Å². The van der Waals surface area contributed by atoms with Crippen molar-refractivity contribution in [1.29, 1.82) is 0 Å². The molecule has 0 fully saturated rings. The molecule has 1 aromatic heterocycles. The van der Waals surface area contributed by atoms with Crippen molar-refractivity contribution in [2.75, 3.05) is 31.3 Å². The molecule has 0 bridgehead atoms. The fourth-order valence-corrected chi connectivity index (χ4v) is 1.57. The second kappa shape index (κ2) is 7.18. The monoisotopic (exact) mass is 277 g/mol. The summed E-state index contributed by atoms with van der Waals surface area (Å²) in [4.78, 5) is 3.82. The van der Waals surface area contributed by atoms with Crippen molar-refractivity contribution in [3.05, 3.63) is 17.7 Å². The highest BCUT2D eigenvalue weighted by Crippen LogP contribution is 2.31. The molecule has 3 N–H and O–H groups in total. The van der Waals surface area contributed by atoms with Crippen molar-refractivity contribution >= 4 is 11.6 Å². The molecule has 0 aliphatic carbocycles. The topological polar surface area (TPSA) is 60.2 Å². The van der Waals surface area contributed by atoms with Crippen LogP contribution in [0.25, 0.3) is 0 Å². The fourth-order valence-electron chi connectivity index (χ4n) is 1.57. The molecule has 0 amide bonds. The number of halogens is 3. The molecule has 0 spiro atoms. The number of nitrogens with two attached hydrogens (primary N) is 1. The third-order valence-electron chi connectivity index (χ3n) is 2.50. The lowest BCUT2D eigenvalue weighted by molar-refractivity contribution is -0.137. The molecule has 4 nitrogen and oxygen atoms in total. The van der Waals surface area contributed by atoms with Crippen LogP contribution < -0.4 is 11.1 Å². The van der Waals surface area contributed by atoms with Gasteiger partial charge in [0.1, 0.15) is 11.6 Å². The van der Waals surface area contributed by atoms with Crippen LogP contribution >= 0.6 is 0 Å². The Morgan fingerprint density at radius 3 is 2.63 bits per heavy atom. The van der Waals surface area contributed by atoms with E-state index in [-0.39, 0.29) is 11.6 Å². The maximum atomic E-state index is 12.6. The first-order valence-electron chi connectivity index (χ1n) is 6.01. The highest BCUT2D eigenvalue weighted by Gasteiger charge is 2.31. The van der Waals surface area contributed by atoms with Crippen LogP contribution in [-0.4, -0.2) is 25.2 Å². The van der Waals surface area contributed by atoms with Gasteiger partial charge in [0, 0.05) is 20.3 Å². The van der Waals surface area contributed by atoms with Crippen LogP contribution in [0.2, 0.25) is 0 Å². The van der Waals surface area contributed by atoms with Crippen molar-refractivity contribution in [2.45, 2.75) is 25.4 Å². The van der Waals surface area contributed by atoms with E-state index in [0.29, 0.717) is 13.2 Å². The lowest BCUT2D eigenvalue weighted by atomic mass is 10.2. The third-order valence-corrected chi connectivity index (χ3v) is 2.50. The first-order chi connectivity index (χ1) is 8.93. The number of anilines is 2. The number of hydrogen-bond donors (Lipinski definition) is 2. The van der Waals surface area contributed by atoms with E-state index in [0.717, 1.165) is 31.4 Å². The van der Waals surface area contributed by atoms with Gasteiger partial charge >= 0.3 is 6.18 Å². The molecule has 0 unspecified atom stereocenters. The highest BCUT2D eigenvalue weighted by molar-refractivity contribution is 5.47. The summed E-state index contributed by atoms with van der Waals surface area (Å²) in [5.74, 6) is 0.00998. The zero-order valence-electron chi connectivity index (χ0n) is 10.8. The number of nitrogens with one attached hydrogen (secondary N) is 1. The predicted molar refractivity (Wildman–Crippen MR) is 67.9 cm³/mol. The maximum Gasteiger partial charge on any atom is 0.416 e. The van der Waals surface area contributed by atoms with E-state index in [1.165, 1.54) is 0 Å². The van der Waals surface area contributed by atoms with Gasteiger partial charge in [-0.05, 0) is 31.4 Å². The minimum atomic E-state index is -4.41. The van der Waals surface area contributed by atoms with Gasteiger partial charge in [-0.15, -0.1) is 0 Å². The fraction of sp³-hybridized carbons (Fsp3) is 0.583. The summed E-state index contributed by atoms with van der Waals surface area (Å²) in [7, 11) is 1.63. The molecule has 0 radical (unpaired) electrons. The van der Waals surface area contributed by atoms with Crippen LogP contribution in [0.5, 0.6) is 0 Å². The molecule has 0 saturated heterocycles. The van der Waals surface area contributed by atoms with Crippen molar-refractivity contribution in [2.24, 2.45) is 0 Å². The van der Waals surface area contributed by atoms with E-state index >= 15 is 0 Å². The summed E-state index contributed by atoms with van der Waals surface area (Å²) in [6, 6.07) is 1.79. The van der Waals surface area contributed by atoms with Gasteiger partial charge in [0.05, 0.1) is 5.56 Å². The summed E-state index contributed by atoms with van der Waals surface area (Å²) in [5.41, 5.74) is 4.57. The maximum absolute atomic E-state index is 12.6. The zero-order valence-corrected chi connectivity index (χ0v) is 10.8. The Morgan fingerprint density at radius 1 is 1.26 bits per heavy atom. The van der Waals surface area contributed by atoms with Gasteiger partial charge in [-0.25, -0.2) is 4.98 Å². The van der Waals surface area contributed by atoms with Gasteiger partial charge in [0.25, 0.3) is 0 Å². The molecule has 0 aliphatic rings. The number of hydrogen-bond acceptors (Lipinski definition) is 4. The molecule has 19 heavy (non-hydrogen) atoms. The summed E-state index contributed by atoms with van der Waals surface area (Å²) in [5, 5.41) is 2.84. The van der Waals surface area contributed by atoms with Crippen LogP contribution in [0, 0.1) is 0 Å². The average molecular weight is 277 g/mol. The predicted octanol–water partition coefficient (Wildman–Crippen LogP) is 2.91. The Hall–Kier alpha value is -1.50. The molecular formula is C12H18F3N3O. The van der Waals surface area contributed by atoms with Crippen molar-refractivity contribution in [3.8, 4) is 0 Å². The van der Waals surface area contributed by atoms with E-state index in [2.05, 4.69) is 10.3 Å². The minimum Gasteiger partial charge on any atom is -0.385 e. The zero-order chi connectivity index (χ0) is 14.3. The molecule has 0 saturated carbocycles. The van der Waals surface area contributed by atoms with Gasteiger partial charge in [-0.1, -0.05) is 0 Å². The average Bonchev–Trinajstić information content (AvgIpc) is 2.32. The van der Waals surface area contributed by atoms with Crippen LogP contribution in [0.15, 0.2) is 12.1 Å². The van der Waals surface area contributed by atoms with Gasteiger partial charge in [-0.2, -0.15) is 13.2 Å². The lowest BCUT2D eigenvalue weighted by Gasteiger charge is -2.11. The molecule has 0 aromatic carbocycles. The van der Waals surface area contributed by atoms with E-state index in [1.54, 1.807) is 7.11 Å². The smallest absolute Gasteiger partial charge is 0.385 e. The molecule has 108 valence electrons. The lowest BCUT2D eigenvalue weighted by Crippen LogP contribution is -2.10. The number of nitrogens with zero attached hydrogens (tertiary/aromatic N) is 1. The Balaban J connectivity index is 2.48. The summed E-state index contributed by atoms with van der Waals surface area (Å²) in [6.07, 6.45) is -1.71. The van der Waals surface area contributed by atoms with Gasteiger partial charge in [0.15, 0.2) is 0 Å². The largest absolute Gasteiger partial charge is 0.416 e. The molecule has 0 atom stereocenters. The number of methoxy groups -OCH3 is 1. The normalized spacial score (nSPS) is 11.6. The van der Waals surface area contributed by atoms with Crippen molar-refractivity contribution < 1.29 is 17.9 Å². The second-order valence-corrected chi connectivity index (χ2v) is 4.14. The Bertz CT molecular complexity index is 396. The van der Waals surface area contributed by atoms with Crippen LogP contribution in [0.4, 0.5) is 24.8 Å². The third kappa shape index (κ3) is 5.78. The molecule has 1 rings (SSSR count). The summed E-state index contributed by atoms with van der Waals surface area (Å²) < 4.78 is 42.6. The van der Waals surface area contributed by atoms with Gasteiger partial charge < -0.3 is 15.8 Å². The highest BCUT2D eigenvalue weighted by atomic mass is 19.4. The number of aromatic nitrogens is 1. The van der Waals surface area contributed by atoms with Crippen LogP contribution in [0.1, 0.15) is 24.8 Å². The number of pyridine rings is 1. The van der Waals surface area contributed by atoms with E-state index < -0.39 is 11.7 Å². The Kier molecular flexibility index (Phi) is 5.88. The SMILES string of the molecule is COCCCCCNc1cc(C(F)(F)F)cc(N)n1. The minimum absolute atomic E-state index is 0.142. The first-order valence-corrected chi connectivity index (χ1v) is 6.01. The van der Waals surface area contributed by atoms with E-state index in [9.17, 15) is 13.2 Å². The molecule has 1 aromatic rings. The van der Waals surface area contributed by atoms with Gasteiger partial charge in [0.2, 0.25) is 0 Å². The number of ether oxygens (including phenoxy) is 1. The molecule has 7 heteroatoms. The standard InChI is InChI=1S/C12H18F3N3O/c1-19-6-4-2-3-5-17-11-8-9(12(13,14)15)7-10(16)18-11/h7-8H,2-6H2,1H3,(H3,16,17,18). The Labute approximate surface area is 110 Å². The summed E-state index contributed by atoms with van der Waals surface area (Å²) in [6.45, 7) is 1.24. The van der Waals surface area contributed by atoms with Crippen molar-refractivity contribution in [1.82, 2.24) is 4.98 Å². The van der Waals surface area contributed by atoms with Crippen LogP contribution in [-0.2, 0) is 10.9 Å². The van der Waals surface area contributed by atoms with Crippen molar-refractivity contribution in [3.63, 3.8) is 0 Å². The summed E-state index contributed by atoms with van der Waals surface area (Å²) >= 11 is 0. The number of nitrogen functional groups attached to an aromatic ring is 1. The van der Waals surface area contributed by atoms with Gasteiger partial charge in [-0.3, -0.25) is 0 Å². The van der Waals surface area contributed by atoms with E-state index in [1.807, 2.05) is 0 Å². The first kappa shape index (κ1) is 15.6. The number of alkyl halides is 3. The van der Waals surface area contributed by atoms with Crippen LogP contribution in [0.3, 0.4) is 0 Å². The molecule has 1 heterocycles. The quantitative estimate of drug-likeness (QED) is 0.752. The number of rotatable bonds is 7.